The van der Waals surface area contributed by atoms with Gasteiger partial charge in [0.2, 0.25) is 0 Å². The van der Waals surface area contributed by atoms with Crippen LogP contribution in [0.15, 0.2) is 23.0 Å². The van der Waals surface area contributed by atoms with Crippen molar-refractivity contribution in [1.29, 1.82) is 0 Å². The predicted octanol–water partition coefficient (Wildman–Crippen LogP) is 3.19. The maximum absolute atomic E-state index is 13.9. The fourth-order valence-electron chi connectivity index (χ4n) is 3.54. The van der Waals surface area contributed by atoms with E-state index < -0.39 is 42.1 Å². The molecular weight excluding hydrogens is 451 g/mol. The van der Waals surface area contributed by atoms with Crippen molar-refractivity contribution in [3.63, 3.8) is 0 Å². The highest BCUT2D eigenvalue weighted by Gasteiger charge is 2.50. The molecule has 12 heteroatoms. The number of aromatic nitrogens is 2. The molecule has 3 rings (SSSR count). The van der Waals surface area contributed by atoms with Crippen LogP contribution in [0.2, 0.25) is 5.02 Å². The van der Waals surface area contributed by atoms with Crippen LogP contribution in [-0.2, 0) is 4.74 Å². The molecule has 1 unspecified atom stereocenters. The topological polar surface area (TPSA) is 93.7 Å². The fraction of sp³-hybridized carbons (Fsp3) is 0.550. The molecule has 2 aromatic rings. The van der Waals surface area contributed by atoms with E-state index >= 15 is 0 Å². The van der Waals surface area contributed by atoms with Crippen molar-refractivity contribution in [2.45, 2.75) is 51.6 Å². The number of nitrogens with two attached hydrogens (primary N) is 1. The Morgan fingerprint density at radius 1 is 1.28 bits per heavy atom. The van der Waals surface area contributed by atoms with Crippen molar-refractivity contribution in [3.8, 4) is 0 Å². The molecule has 0 radical (unpaired) electrons. The standard InChI is InChI=1S/C20H25ClF3N5O3/c1-11(25)16-26-13-7-5-6-12(21)15(13)17(30)29(16)27-8-9-28(14(10-27)20(22,23)24)18(31)32-19(2,3)4/h5-7,11,14H,8-10,25H2,1-4H3/t11-,14?/m0/s1. The number of nitrogens with zero attached hydrogens (tertiary/aromatic N) is 4. The highest BCUT2D eigenvalue weighted by Crippen LogP contribution is 2.29. The van der Waals surface area contributed by atoms with Crippen LogP contribution in [0.5, 0.6) is 0 Å². The molecule has 0 saturated carbocycles. The van der Waals surface area contributed by atoms with Gasteiger partial charge in [-0.25, -0.2) is 14.5 Å². The van der Waals surface area contributed by atoms with Gasteiger partial charge in [-0.15, -0.1) is 0 Å². The summed E-state index contributed by atoms with van der Waals surface area (Å²) in [7, 11) is 0. The second-order valence-corrected chi connectivity index (χ2v) is 9.06. The van der Waals surface area contributed by atoms with E-state index in [2.05, 4.69) is 4.98 Å². The Kier molecular flexibility index (Phi) is 6.36. The lowest BCUT2D eigenvalue weighted by Gasteiger charge is -2.43. The predicted molar refractivity (Wildman–Crippen MR) is 114 cm³/mol. The Bertz CT molecular complexity index is 1080. The third kappa shape index (κ3) is 4.78. The number of fused-ring (bicyclic) bond motifs is 1. The Labute approximate surface area is 187 Å². The highest BCUT2D eigenvalue weighted by molar-refractivity contribution is 6.35. The first-order valence-electron chi connectivity index (χ1n) is 9.99. The van der Waals surface area contributed by atoms with E-state index in [9.17, 15) is 22.8 Å². The number of ether oxygens (including phenoxy) is 1. The minimum absolute atomic E-state index is 0.0664. The zero-order chi connectivity index (χ0) is 24.0. The van der Waals surface area contributed by atoms with Crippen LogP contribution in [0, 0.1) is 0 Å². The molecular formula is C20H25ClF3N5O3. The Hall–Kier alpha value is -2.53. The van der Waals surface area contributed by atoms with Gasteiger partial charge in [-0.2, -0.15) is 13.2 Å². The lowest BCUT2D eigenvalue weighted by Crippen LogP contribution is -2.65. The van der Waals surface area contributed by atoms with Gasteiger partial charge < -0.3 is 15.5 Å². The molecule has 0 spiro atoms. The van der Waals surface area contributed by atoms with Gasteiger partial charge in [-0.3, -0.25) is 9.69 Å². The first-order valence-corrected chi connectivity index (χ1v) is 10.4. The summed E-state index contributed by atoms with van der Waals surface area (Å²) in [5.41, 5.74) is 4.71. The second kappa shape index (κ2) is 8.43. The third-order valence-electron chi connectivity index (χ3n) is 4.90. The van der Waals surface area contributed by atoms with E-state index in [0.29, 0.717) is 10.4 Å². The van der Waals surface area contributed by atoms with Crippen LogP contribution in [0.4, 0.5) is 18.0 Å². The first kappa shape index (κ1) is 24.1. The zero-order valence-electron chi connectivity index (χ0n) is 18.1. The van der Waals surface area contributed by atoms with E-state index in [0.717, 1.165) is 4.68 Å². The number of rotatable bonds is 2. The first-order chi connectivity index (χ1) is 14.7. The van der Waals surface area contributed by atoms with Gasteiger partial charge in [0.1, 0.15) is 17.5 Å². The van der Waals surface area contributed by atoms with E-state index in [4.69, 9.17) is 22.1 Å². The largest absolute Gasteiger partial charge is 0.444 e. The molecule has 1 saturated heterocycles. The molecule has 2 N–H and O–H groups in total. The minimum atomic E-state index is -4.75. The van der Waals surface area contributed by atoms with E-state index in [1.165, 1.54) is 11.1 Å². The average Bonchev–Trinajstić information content (AvgIpc) is 2.65. The molecule has 1 aliphatic rings. The van der Waals surface area contributed by atoms with E-state index in [-0.39, 0.29) is 29.3 Å². The van der Waals surface area contributed by atoms with Crippen LogP contribution < -0.4 is 16.3 Å². The molecule has 32 heavy (non-hydrogen) atoms. The van der Waals surface area contributed by atoms with Crippen LogP contribution in [0.1, 0.15) is 39.6 Å². The summed E-state index contributed by atoms with van der Waals surface area (Å²) in [4.78, 5) is 30.8. The Morgan fingerprint density at radius 2 is 1.94 bits per heavy atom. The van der Waals surface area contributed by atoms with Crippen LogP contribution in [-0.4, -0.2) is 58.1 Å². The third-order valence-corrected chi connectivity index (χ3v) is 5.22. The number of amides is 1. The number of carbonyl (C=O) groups is 1. The van der Waals surface area contributed by atoms with Gasteiger partial charge in [0.05, 0.1) is 35.1 Å². The molecule has 0 bridgehead atoms. The molecule has 2 heterocycles. The number of benzene rings is 1. The summed E-state index contributed by atoms with van der Waals surface area (Å²) in [6.45, 7) is 5.22. The van der Waals surface area contributed by atoms with Crippen molar-refractivity contribution in [3.05, 3.63) is 39.4 Å². The summed E-state index contributed by atoms with van der Waals surface area (Å²) in [6, 6.07) is 1.76. The maximum Gasteiger partial charge on any atom is 0.410 e. The van der Waals surface area contributed by atoms with Crippen LogP contribution >= 0.6 is 11.6 Å². The number of piperazine rings is 1. The molecule has 0 aliphatic carbocycles. The molecule has 1 amide bonds. The van der Waals surface area contributed by atoms with Crippen molar-refractivity contribution >= 4 is 28.6 Å². The van der Waals surface area contributed by atoms with E-state index in [1.807, 2.05) is 0 Å². The molecule has 1 aliphatic heterocycles. The van der Waals surface area contributed by atoms with Gasteiger partial charge >= 0.3 is 12.3 Å². The fourth-order valence-corrected chi connectivity index (χ4v) is 3.79. The SMILES string of the molecule is C[C@H](N)c1nc2cccc(Cl)c2c(=O)n1N1CCN(C(=O)OC(C)(C)C)C(C(F)(F)F)C1. The zero-order valence-corrected chi connectivity index (χ0v) is 18.9. The highest BCUT2D eigenvalue weighted by atomic mass is 35.5. The molecule has 1 aromatic carbocycles. The number of carbonyl (C=O) groups excluding carboxylic acids is 1. The molecule has 1 aromatic heterocycles. The molecule has 8 nitrogen and oxygen atoms in total. The van der Waals surface area contributed by atoms with Gasteiger partial charge in [-0.1, -0.05) is 17.7 Å². The average molecular weight is 476 g/mol. The molecule has 1 fully saturated rings. The van der Waals surface area contributed by atoms with Crippen LogP contribution in [0.25, 0.3) is 10.9 Å². The quantitative estimate of drug-likeness (QED) is 0.717. The normalized spacial score (nSPS) is 18.7. The molecule has 2 atom stereocenters. The smallest absolute Gasteiger partial charge is 0.410 e. The maximum atomic E-state index is 13.9. The Morgan fingerprint density at radius 3 is 2.50 bits per heavy atom. The number of halogens is 4. The van der Waals surface area contributed by atoms with Gasteiger partial charge in [0.25, 0.3) is 5.56 Å². The van der Waals surface area contributed by atoms with Crippen molar-refractivity contribution in [1.82, 2.24) is 14.6 Å². The molecule has 176 valence electrons. The number of alkyl halides is 3. The van der Waals surface area contributed by atoms with Gasteiger partial charge in [0, 0.05) is 6.54 Å². The Balaban J connectivity index is 2.07. The number of hydrogen-bond acceptors (Lipinski definition) is 6. The van der Waals surface area contributed by atoms with Gasteiger partial charge in [-0.05, 0) is 39.8 Å². The van der Waals surface area contributed by atoms with Crippen molar-refractivity contribution in [2.75, 3.05) is 24.6 Å². The van der Waals surface area contributed by atoms with E-state index in [1.54, 1.807) is 39.8 Å². The minimum Gasteiger partial charge on any atom is -0.444 e. The summed E-state index contributed by atoms with van der Waals surface area (Å²) >= 11 is 6.18. The van der Waals surface area contributed by atoms with Gasteiger partial charge in [0.15, 0.2) is 0 Å². The second-order valence-electron chi connectivity index (χ2n) is 8.65. The number of hydrogen-bond donors (Lipinski definition) is 1. The lowest BCUT2D eigenvalue weighted by molar-refractivity contribution is -0.182. The van der Waals surface area contributed by atoms with Crippen LogP contribution in [0.3, 0.4) is 0 Å². The summed E-state index contributed by atoms with van der Waals surface area (Å²) in [6.07, 6.45) is -5.82. The summed E-state index contributed by atoms with van der Waals surface area (Å²) < 4.78 is 48.0. The monoisotopic (exact) mass is 475 g/mol. The van der Waals surface area contributed by atoms with Crippen molar-refractivity contribution in [2.24, 2.45) is 5.73 Å². The van der Waals surface area contributed by atoms with Crippen molar-refractivity contribution < 1.29 is 22.7 Å². The lowest BCUT2D eigenvalue weighted by atomic mass is 10.1. The summed E-state index contributed by atoms with van der Waals surface area (Å²) in [5.74, 6) is 0.0939. The summed E-state index contributed by atoms with van der Waals surface area (Å²) in [5, 5.41) is 1.41.